The molecule has 0 N–H and O–H groups in total. The van der Waals surface area contributed by atoms with E-state index in [4.69, 9.17) is 8.85 Å². The van der Waals surface area contributed by atoms with E-state index in [1.807, 2.05) is 12.1 Å². The Morgan fingerprint density at radius 3 is 1.23 bits per heavy atom. The van der Waals surface area contributed by atoms with Gasteiger partial charge in [0.2, 0.25) is 15.7 Å². The summed E-state index contributed by atoms with van der Waals surface area (Å²) in [6.45, 7) is 9.21. The fourth-order valence-electron chi connectivity index (χ4n) is 2.81. The standard InChI is InChI=1S/C18H24O2Si2/c1-21(2)19-17(15-11-7-5-8-12-15)18(20-22(21,3)4)16-13-9-6-10-14-16/h5-14,17-18H,1-4H3. The molecule has 2 aromatic rings. The first-order chi connectivity index (χ1) is 10.4. The predicted molar refractivity (Wildman–Crippen MR) is 95.5 cm³/mol. The molecule has 2 unspecified atom stereocenters. The summed E-state index contributed by atoms with van der Waals surface area (Å²) in [4.78, 5) is 0. The van der Waals surface area contributed by atoms with Crippen molar-refractivity contribution >= 4 is 15.7 Å². The van der Waals surface area contributed by atoms with Crippen LogP contribution in [0.4, 0.5) is 0 Å². The van der Waals surface area contributed by atoms with Crippen LogP contribution in [-0.4, -0.2) is 15.7 Å². The monoisotopic (exact) mass is 328 g/mol. The third-order valence-corrected chi connectivity index (χ3v) is 18.8. The summed E-state index contributed by atoms with van der Waals surface area (Å²) in [5.74, 6) is 0. The van der Waals surface area contributed by atoms with Gasteiger partial charge in [-0.15, -0.1) is 0 Å². The molecule has 1 heterocycles. The molecule has 0 amide bonds. The molecule has 1 fully saturated rings. The Labute approximate surface area is 135 Å². The molecule has 1 aliphatic heterocycles. The molecule has 0 aliphatic carbocycles. The maximum atomic E-state index is 6.72. The summed E-state index contributed by atoms with van der Waals surface area (Å²) in [7, 11) is -3.64. The summed E-state index contributed by atoms with van der Waals surface area (Å²) in [5, 5.41) is 0. The zero-order chi connectivity index (χ0) is 15.8. The summed E-state index contributed by atoms with van der Waals surface area (Å²) in [6, 6.07) is 21.0. The fraction of sp³-hybridized carbons (Fsp3) is 0.333. The highest BCUT2D eigenvalue weighted by molar-refractivity contribution is 7.35. The van der Waals surface area contributed by atoms with E-state index in [1.54, 1.807) is 0 Å². The summed E-state index contributed by atoms with van der Waals surface area (Å²) in [6.07, 6.45) is -0.0171. The Hall–Kier alpha value is -1.21. The van der Waals surface area contributed by atoms with E-state index in [0.29, 0.717) is 0 Å². The molecule has 2 nitrogen and oxygen atoms in total. The van der Waals surface area contributed by atoms with Crippen LogP contribution in [0.15, 0.2) is 60.7 Å². The van der Waals surface area contributed by atoms with Gasteiger partial charge in [0.05, 0.1) is 12.2 Å². The number of hydrogen-bond donors (Lipinski definition) is 0. The van der Waals surface area contributed by atoms with Crippen molar-refractivity contribution in [1.82, 2.24) is 0 Å². The van der Waals surface area contributed by atoms with Crippen LogP contribution in [0.1, 0.15) is 23.3 Å². The molecule has 2 atom stereocenters. The molecule has 0 saturated carbocycles. The molecule has 1 aliphatic rings. The third-order valence-electron chi connectivity index (χ3n) is 4.82. The predicted octanol–water partition coefficient (Wildman–Crippen LogP) is 5.00. The van der Waals surface area contributed by atoms with Gasteiger partial charge in [0.25, 0.3) is 0 Å². The largest absolute Gasteiger partial charge is 0.407 e. The van der Waals surface area contributed by atoms with Gasteiger partial charge in [-0.05, 0) is 37.3 Å². The smallest absolute Gasteiger partial charge is 0.206 e. The second-order valence-electron chi connectivity index (χ2n) is 6.92. The Kier molecular flexibility index (Phi) is 4.12. The Balaban J connectivity index is 2.04. The van der Waals surface area contributed by atoms with Gasteiger partial charge in [0, 0.05) is 0 Å². The summed E-state index contributed by atoms with van der Waals surface area (Å²) < 4.78 is 13.4. The normalized spacial score (nSPS) is 26.5. The molecule has 2 aromatic carbocycles. The molecule has 0 aromatic heterocycles. The Morgan fingerprint density at radius 1 is 0.591 bits per heavy atom. The SMILES string of the molecule is C[Si]1(C)OC(c2ccccc2)C(c2ccccc2)O[Si]1(C)C. The highest BCUT2D eigenvalue weighted by atomic mass is 29.3. The molecule has 4 heteroatoms. The van der Waals surface area contributed by atoms with Crippen LogP contribution in [0.3, 0.4) is 0 Å². The Morgan fingerprint density at radius 2 is 0.909 bits per heavy atom. The Bertz CT molecular complexity index is 569. The maximum Gasteiger partial charge on any atom is 0.206 e. The molecule has 22 heavy (non-hydrogen) atoms. The lowest BCUT2D eigenvalue weighted by Crippen LogP contribution is -2.63. The lowest BCUT2D eigenvalue weighted by atomic mass is 9.98. The third kappa shape index (κ3) is 2.84. The van der Waals surface area contributed by atoms with E-state index >= 15 is 0 Å². The van der Waals surface area contributed by atoms with Gasteiger partial charge >= 0.3 is 0 Å². The summed E-state index contributed by atoms with van der Waals surface area (Å²) >= 11 is 0. The summed E-state index contributed by atoms with van der Waals surface area (Å²) in [5.41, 5.74) is 2.42. The van der Waals surface area contributed by atoms with Gasteiger partial charge in [0.15, 0.2) is 0 Å². The highest BCUT2D eigenvalue weighted by Crippen LogP contribution is 2.45. The van der Waals surface area contributed by atoms with E-state index < -0.39 is 15.7 Å². The molecular formula is C18H24O2Si2. The van der Waals surface area contributed by atoms with Crippen LogP contribution in [0.25, 0.3) is 0 Å². The minimum absolute atomic E-state index is 0.00853. The highest BCUT2D eigenvalue weighted by Gasteiger charge is 2.54. The first kappa shape index (κ1) is 15.7. The molecule has 0 spiro atoms. The average Bonchev–Trinajstić information content (AvgIpc) is 2.51. The maximum absolute atomic E-state index is 6.72. The van der Waals surface area contributed by atoms with Crippen LogP contribution < -0.4 is 0 Å². The second-order valence-corrected chi connectivity index (χ2v) is 20.7. The lowest BCUT2D eigenvalue weighted by molar-refractivity contribution is 0.0234. The molecule has 0 bridgehead atoms. The quantitative estimate of drug-likeness (QED) is 0.722. The lowest BCUT2D eigenvalue weighted by Gasteiger charge is -2.49. The number of hydrogen-bond acceptors (Lipinski definition) is 2. The zero-order valence-corrected chi connectivity index (χ0v) is 15.7. The molecular weight excluding hydrogens is 304 g/mol. The second kappa shape index (κ2) is 5.78. The van der Waals surface area contributed by atoms with E-state index in [1.165, 1.54) is 11.1 Å². The molecule has 1 saturated heterocycles. The van der Waals surface area contributed by atoms with Crippen molar-refractivity contribution in [2.75, 3.05) is 0 Å². The van der Waals surface area contributed by atoms with Gasteiger partial charge in [-0.1, -0.05) is 60.7 Å². The topological polar surface area (TPSA) is 18.5 Å². The van der Waals surface area contributed by atoms with Crippen LogP contribution in [0, 0.1) is 0 Å². The van der Waals surface area contributed by atoms with Crippen LogP contribution in [-0.2, 0) is 8.85 Å². The number of rotatable bonds is 2. The molecule has 0 radical (unpaired) electrons. The van der Waals surface area contributed by atoms with Gasteiger partial charge in [-0.2, -0.15) is 0 Å². The average molecular weight is 329 g/mol. The van der Waals surface area contributed by atoms with Gasteiger partial charge in [-0.3, -0.25) is 0 Å². The van der Waals surface area contributed by atoms with Crippen molar-refractivity contribution in [3.05, 3.63) is 71.8 Å². The van der Waals surface area contributed by atoms with E-state index in [0.717, 1.165) is 0 Å². The van der Waals surface area contributed by atoms with Crippen molar-refractivity contribution < 1.29 is 8.85 Å². The first-order valence-electron chi connectivity index (χ1n) is 7.86. The van der Waals surface area contributed by atoms with Gasteiger partial charge in [0.1, 0.15) is 0 Å². The van der Waals surface area contributed by atoms with Gasteiger partial charge < -0.3 is 8.85 Å². The van der Waals surface area contributed by atoms with E-state index in [-0.39, 0.29) is 12.2 Å². The van der Waals surface area contributed by atoms with Crippen molar-refractivity contribution in [3.63, 3.8) is 0 Å². The van der Waals surface area contributed by atoms with Crippen molar-refractivity contribution in [2.24, 2.45) is 0 Å². The van der Waals surface area contributed by atoms with Crippen LogP contribution in [0.2, 0.25) is 26.2 Å². The van der Waals surface area contributed by atoms with Crippen LogP contribution >= 0.6 is 0 Å². The van der Waals surface area contributed by atoms with Gasteiger partial charge in [-0.25, -0.2) is 0 Å². The number of benzene rings is 2. The van der Waals surface area contributed by atoms with E-state index in [9.17, 15) is 0 Å². The van der Waals surface area contributed by atoms with Crippen LogP contribution in [0.5, 0.6) is 0 Å². The molecule has 116 valence electrons. The first-order valence-corrected chi connectivity index (χ1v) is 14.7. The van der Waals surface area contributed by atoms with Crippen molar-refractivity contribution in [1.29, 1.82) is 0 Å². The van der Waals surface area contributed by atoms with Crippen molar-refractivity contribution in [3.8, 4) is 0 Å². The zero-order valence-electron chi connectivity index (χ0n) is 13.7. The van der Waals surface area contributed by atoms with E-state index in [2.05, 4.69) is 74.7 Å². The minimum Gasteiger partial charge on any atom is -0.407 e. The van der Waals surface area contributed by atoms with Crippen molar-refractivity contribution in [2.45, 2.75) is 38.4 Å². The fourth-order valence-corrected chi connectivity index (χ4v) is 7.63. The molecule has 3 rings (SSSR count). The minimum atomic E-state index is -1.82.